The number of nitro groups is 1. The summed E-state index contributed by atoms with van der Waals surface area (Å²) in [4.78, 5) is 45.8. The number of likely N-dealkylation sites (N-methyl/N-ethyl adjacent to an activating group) is 1. The second-order valence-corrected chi connectivity index (χ2v) is 7.36. The molecule has 0 saturated heterocycles. The molecule has 5 atom stereocenters. The summed E-state index contributed by atoms with van der Waals surface area (Å²) in [6.45, 7) is -0.992. The SMILES string of the molecule is COC(=O)[C@H]1CC(Oc2ccc(COC(=O)N(C)CC(=O)O)cc2[N+](=O)[O-])[C@H](O)[C@@H](O)[C@@H]1O. The number of nitrogens with zero attached hydrogens (tertiary/aromatic N) is 2. The molecule has 14 heteroatoms. The first-order valence-electron chi connectivity index (χ1n) is 9.62. The lowest BCUT2D eigenvalue weighted by molar-refractivity contribution is -0.386. The third-order valence-electron chi connectivity index (χ3n) is 5.03. The minimum atomic E-state index is -1.76. The van der Waals surface area contributed by atoms with E-state index in [4.69, 9.17) is 14.6 Å². The predicted octanol–water partition coefficient (Wildman–Crippen LogP) is -0.729. The fourth-order valence-corrected chi connectivity index (χ4v) is 3.27. The third kappa shape index (κ3) is 6.27. The highest BCUT2D eigenvalue weighted by Crippen LogP contribution is 2.34. The van der Waals surface area contributed by atoms with E-state index in [0.29, 0.717) is 0 Å². The third-order valence-corrected chi connectivity index (χ3v) is 5.03. The molecule has 4 N–H and O–H groups in total. The van der Waals surface area contributed by atoms with E-state index in [-0.39, 0.29) is 17.7 Å². The Kier molecular flexibility index (Phi) is 8.50. The molecule has 1 aliphatic carbocycles. The molecule has 33 heavy (non-hydrogen) atoms. The van der Waals surface area contributed by atoms with Crippen LogP contribution in [0.4, 0.5) is 10.5 Å². The lowest BCUT2D eigenvalue weighted by Gasteiger charge is -2.38. The van der Waals surface area contributed by atoms with E-state index in [1.165, 1.54) is 19.2 Å². The summed E-state index contributed by atoms with van der Waals surface area (Å²) in [5.41, 5.74) is -0.358. The first-order valence-corrected chi connectivity index (χ1v) is 9.62. The van der Waals surface area contributed by atoms with Gasteiger partial charge in [-0.1, -0.05) is 6.07 Å². The summed E-state index contributed by atoms with van der Waals surface area (Å²) >= 11 is 0. The van der Waals surface area contributed by atoms with Gasteiger partial charge in [-0.2, -0.15) is 0 Å². The van der Waals surface area contributed by atoms with Crippen LogP contribution in [0.2, 0.25) is 0 Å². The highest BCUT2D eigenvalue weighted by atomic mass is 16.6. The molecule has 0 aromatic heterocycles. The van der Waals surface area contributed by atoms with Crippen molar-refractivity contribution in [1.29, 1.82) is 0 Å². The van der Waals surface area contributed by atoms with E-state index in [1.54, 1.807) is 0 Å². The Balaban J connectivity index is 2.17. The molecular weight excluding hydrogens is 448 g/mol. The Morgan fingerprint density at radius 1 is 1.18 bits per heavy atom. The van der Waals surface area contributed by atoms with Crippen molar-refractivity contribution >= 4 is 23.7 Å². The van der Waals surface area contributed by atoms with Crippen LogP contribution in [0.15, 0.2) is 18.2 Å². The smallest absolute Gasteiger partial charge is 0.410 e. The number of carboxylic acids is 1. The number of carbonyl (C=O) groups is 3. The van der Waals surface area contributed by atoms with Crippen LogP contribution in [0.1, 0.15) is 12.0 Å². The summed E-state index contributed by atoms with van der Waals surface area (Å²) in [5, 5.41) is 50.5. The van der Waals surface area contributed by atoms with Crippen LogP contribution >= 0.6 is 0 Å². The zero-order valence-electron chi connectivity index (χ0n) is 17.7. The quantitative estimate of drug-likeness (QED) is 0.210. The van der Waals surface area contributed by atoms with Gasteiger partial charge in [0, 0.05) is 19.5 Å². The molecule has 1 aromatic rings. The number of methoxy groups -OCH3 is 1. The van der Waals surface area contributed by atoms with Gasteiger partial charge in [0.15, 0.2) is 5.75 Å². The van der Waals surface area contributed by atoms with Gasteiger partial charge < -0.3 is 39.5 Å². The van der Waals surface area contributed by atoms with E-state index < -0.39 is 72.1 Å². The molecule has 0 aliphatic heterocycles. The molecule has 2 rings (SSSR count). The minimum absolute atomic E-state index is 0.193. The number of benzene rings is 1. The van der Waals surface area contributed by atoms with E-state index in [9.17, 15) is 39.8 Å². The lowest BCUT2D eigenvalue weighted by Crippen LogP contribution is -2.57. The van der Waals surface area contributed by atoms with E-state index in [1.807, 2.05) is 0 Å². The van der Waals surface area contributed by atoms with Crippen molar-refractivity contribution in [2.45, 2.75) is 37.4 Å². The first kappa shape index (κ1) is 25.8. The lowest BCUT2D eigenvalue weighted by atomic mass is 9.80. The Morgan fingerprint density at radius 3 is 2.42 bits per heavy atom. The fraction of sp³-hybridized carbons (Fsp3) is 0.526. The van der Waals surface area contributed by atoms with E-state index in [0.717, 1.165) is 18.1 Å². The molecule has 1 aliphatic rings. The normalized spacial score (nSPS) is 24.5. The number of nitro benzene ring substituents is 1. The molecule has 14 nitrogen and oxygen atoms in total. The van der Waals surface area contributed by atoms with Crippen LogP contribution in [0.5, 0.6) is 5.75 Å². The maximum atomic E-state index is 11.9. The van der Waals surface area contributed by atoms with E-state index in [2.05, 4.69) is 4.74 Å². The maximum absolute atomic E-state index is 11.9. The second-order valence-electron chi connectivity index (χ2n) is 7.36. The van der Waals surface area contributed by atoms with Crippen LogP contribution in [-0.2, 0) is 25.7 Å². The number of hydrogen-bond acceptors (Lipinski definition) is 11. The van der Waals surface area contributed by atoms with Gasteiger partial charge in [0.25, 0.3) is 0 Å². The summed E-state index contributed by atoms with van der Waals surface area (Å²) < 4.78 is 15.0. The van der Waals surface area contributed by atoms with Crippen LogP contribution in [0.25, 0.3) is 0 Å². The number of amides is 1. The van der Waals surface area contributed by atoms with Crippen molar-refractivity contribution in [2.24, 2.45) is 5.92 Å². The number of carbonyl (C=O) groups excluding carboxylic acids is 2. The van der Waals surface area contributed by atoms with Crippen molar-refractivity contribution in [1.82, 2.24) is 4.90 Å². The van der Waals surface area contributed by atoms with Crippen molar-refractivity contribution in [2.75, 3.05) is 20.7 Å². The average molecular weight is 472 g/mol. The van der Waals surface area contributed by atoms with Gasteiger partial charge in [-0.15, -0.1) is 0 Å². The molecule has 0 radical (unpaired) electrons. The van der Waals surface area contributed by atoms with Gasteiger partial charge in [-0.3, -0.25) is 19.7 Å². The van der Waals surface area contributed by atoms with Crippen LogP contribution in [-0.4, -0.2) is 93.4 Å². The van der Waals surface area contributed by atoms with Crippen molar-refractivity contribution < 1.29 is 53.9 Å². The van der Waals surface area contributed by atoms with Crippen molar-refractivity contribution in [3.05, 3.63) is 33.9 Å². The van der Waals surface area contributed by atoms with Crippen LogP contribution in [0.3, 0.4) is 0 Å². The van der Waals surface area contributed by atoms with Crippen LogP contribution in [0, 0.1) is 16.0 Å². The second kappa shape index (κ2) is 10.9. The standard InChI is InChI=1S/C19H24N2O12/c1-20(7-14(22)23)19(28)32-8-9-3-4-12(11(5-9)21(29)30)33-13-6-10(18(27)31-2)15(24)17(26)16(13)25/h3-5,10,13,15-17,24-26H,6-8H2,1-2H3,(H,22,23)/t10-,13?,15+,16-,17-/m0/s1. The summed E-state index contributed by atoms with van der Waals surface area (Å²) in [6.07, 6.45) is -7.53. The van der Waals surface area contributed by atoms with Gasteiger partial charge >= 0.3 is 23.7 Å². The highest BCUT2D eigenvalue weighted by Gasteiger charge is 2.47. The number of aliphatic hydroxyl groups excluding tert-OH is 3. The summed E-state index contributed by atoms with van der Waals surface area (Å²) in [5.74, 6) is -3.61. The zero-order valence-corrected chi connectivity index (χ0v) is 17.7. The molecule has 1 unspecified atom stereocenters. The molecular formula is C19H24N2O12. The van der Waals surface area contributed by atoms with Gasteiger partial charge in [0.2, 0.25) is 0 Å². The van der Waals surface area contributed by atoms with Gasteiger partial charge in [0.1, 0.15) is 31.5 Å². The molecule has 1 amide bonds. The average Bonchev–Trinajstić information content (AvgIpc) is 2.77. The molecule has 1 saturated carbocycles. The van der Waals surface area contributed by atoms with Gasteiger partial charge in [-0.25, -0.2) is 4.79 Å². The molecule has 182 valence electrons. The fourth-order valence-electron chi connectivity index (χ4n) is 3.27. The highest BCUT2D eigenvalue weighted by molar-refractivity contribution is 5.76. The molecule has 0 bridgehead atoms. The number of aliphatic hydroxyl groups is 3. The van der Waals surface area contributed by atoms with Gasteiger partial charge in [0.05, 0.1) is 24.1 Å². The number of esters is 1. The zero-order chi connectivity index (χ0) is 24.9. The van der Waals surface area contributed by atoms with Crippen molar-refractivity contribution in [3.63, 3.8) is 0 Å². The number of aliphatic carboxylic acids is 1. The Hall–Kier alpha value is -3.49. The molecule has 1 aromatic carbocycles. The Morgan fingerprint density at radius 2 is 1.85 bits per heavy atom. The van der Waals surface area contributed by atoms with Crippen molar-refractivity contribution in [3.8, 4) is 5.75 Å². The van der Waals surface area contributed by atoms with E-state index >= 15 is 0 Å². The number of rotatable bonds is 8. The number of ether oxygens (including phenoxy) is 3. The maximum Gasteiger partial charge on any atom is 0.410 e. The summed E-state index contributed by atoms with van der Waals surface area (Å²) in [7, 11) is 2.29. The largest absolute Gasteiger partial charge is 0.481 e. The summed E-state index contributed by atoms with van der Waals surface area (Å²) in [6, 6.07) is 3.57. The Bertz CT molecular complexity index is 907. The molecule has 0 heterocycles. The molecule has 1 fully saturated rings. The topological polar surface area (TPSA) is 206 Å². The molecule has 0 spiro atoms. The number of carboxylic acid groups (broad SMARTS) is 1. The van der Waals surface area contributed by atoms with Gasteiger partial charge in [-0.05, 0) is 11.6 Å². The monoisotopic (exact) mass is 472 g/mol. The minimum Gasteiger partial charge on any atom is -0.481 e. The first-order chi connectivity index (χ1) is 15.5. The number of hydrogen-bond donors (Lipinski definition) is 4. The predicted molar refractivity (Wildman–Crippen MR) is 106 cm³/mol. The van der Waals surface area contributed by atoms with Crippen LogP contribution < -0.4 is 4.74 Å². The Labute approximate surface area is 187 Å².